The van der Waals surface area contributed by atoms with Gasteiger partial charge in [0, 0.05) is 18.6 Å². The smallest absolute Gasteiger partial charge is 0.248 e. The molecular formula is C10H18N2O2. The lowest BCUT2D eigenvalue weighted by Crippen LogP contribution is -2.49. The fraction of sp³-hybridized carbons (Fsp3) is 0.900. The number of morpholine rings is 1. The predicted molar refractivity (Wildman–Crippen MR) is 52.8 cm³/mol. The van der Waals surface area contributed by atoms with Gasteiger partial charge in [-0.1, -0.05) is 0 Å². The van der Waals surface area contributed by atoms with Crippen LogP contribution < -0.4 is 5.73 Å². The van der Waals surface area contributed by atoms with Gasteiger partial charge in [0.1, 0.15) is 6.61 Å². The van der Waals surface area contributed by atoms with Crippen LogP contribution in [0.15, 0.2) is 0 Å². The Morgan fingerprint density at radius 1 is 1.29 bits per heavy atom. The molecule has 2 N–H and O–H groups in total. The lowest BCUT2D eigenvalue weighted by molar-refractivity contribution is -0.146. The average Bonchev–Trinajstić information content (AvgIpc) is 2.20. The predicted octanol–water partition coefficient (Wildman–Crippen LogP) is 0.115. The minimum Gasteiger partial charge on any atom is -0.370 e. The molecule has 4 nitrogen and oxygen atoms in total. The maximum Gasteiger partial charge on any atom is 0.248 e. The van der Waals surface area contributed by atoms with Crippen LogP contribution in [0.1, 0.15) is 25.7 Å². The summed E-state index contributed by atoms with van der Waals surface area (Å²) >= 11 is 0. The lowest BCUT2D eigenvalue weighted by Gasteiger charge is -2.38. The molecule has 1 amide bonds. The molecule has 4 heteroatoms. The summed E-state index contributed by atoms with van der Waals surface area (Å²) in [4.78, 5) is 13.5. The number of carbonyl (C=O) groups excluding carboxylic acids is 1. The summed E-state index contributed by atoms with van der Waals surface area (Å²) in [6.07, 6.45) is 4.23. The van der Waals surface area contributed by atoms with E-state index >= 15 is 0 Å². The Morgan fingerprint density at radius 3 is 2.64 bits per heavy atom. The van der Waals surface area contributed by atoms with Gasteiger partial charge < -0.3 is 15.4 Å². The number of carbonyl (C=O) groups is 1. The lowest BCUT2D eigenvalue weighted by atomic mass is 9.90. The zero-order valence-corrected chi connectivity index (χ0v) is 8.45. The summed E-state index contributed by atoms with van der Waals surface area (Å²) in [6, 6.07) is 0.772. The molecule has 0 aromatic heterocycles. The highest BCUT2D eigenvalue weighted by Crippen LogP contribution is 2.22. The first kappa shape index (κ1) is 9.93. The van der Waals surface area contributed by atoms with Crippen LogP contribution in [0.4, 0.5) is 0 Å². The summed E-state index contributed by atoms with van der Waals surface area (Å²) in [7, 11) is 0. The van der Waals surface area contributed by atoms with Crippen molar-refractivity contribution in [1.82, 2.24) is 4.90 Å². The Hall–Kier alpha value is -0.610. The maximum atomic E-state index is 11.5. The van der Waals surface area contributed by atoms with Crippen molar-refractivity contribution in [2.24, 2.45) is 5.73 Å². The Labute approximate surface area is 84.4 Å². The largest absolute Gasteiger partial charge is 0.370 e. The van der Waals surface area contributed by atoms with Gasteiger partial charge in [-0.25, -0.2) is 0 Å². The molecule has 2 aliphatic rings. The highest BCUT2D eigenvalue weighted by Gasteiger charge is 2.29. The van der Waals surface area contributed by atoms with Crippen LogP contribution in [0, 0.1) is 0 Å². The van der Waals surface area contributed by atoms with Gasteiger partial charge in [-0.05, 0) is 25.7 Å². The van der Waals surface area contributed by atoms with E-state index in [2.05, 4.69) is 0 Å². The molecule has 0 bridgehead atoms. The zero-order chi connectivity index (χ0) is 9.97. The number of ether oxygens (including phenoxy) is 1. The van der Waals surface area contributed by atoms with Crippen LogP contribution in [-0.2, 0) is 9.53 Å². The van der Waals surface area contributed by atoms with E-state index in [1.54, 1.807) is 0 Å². The highest BCUT2D eigenvalue weighted by molar-refractivity contribution is 5.78. The Bertz CT molecular complexity index is 212. The maximum absolute atomic E-state index is 11.5. The van der Waals surface area contributed by atoms with Crippen molar-refractivity contribution in [2.45, 2.75) is 37.8 Å². The molecule has 0 radical (unpaired) electrons. The van der Waals surface area contributed by atoms with Gasteiger partial charge in [-0.2, -0.15) is 0 Å². The molecule has 80 valence electrons. The fourth-order valence-corrected chi connectivity index (χ4v) is 2.33. The normalized spacial score (nSPS) is 34.6. The summed E-state index contributed by atoms with van der Waals surface area (Å²) in [6.45, 7) is 1.72. The van der Waals surface area contributed by atoms with E-state index in [1.807, 2.05) is 4.90 Å². The fourth-order valence-electron chi connectivity index (χ4n) is 2.33. The van der Waals surface area contributed by atoms with Gasteiger partial charge >= 0.3 is 0 Å². The molecule has 1 saturated carbocycles. The molecule has 0 spiro atoms. The molecule has 1 heterocycles. The third-order valence-electron chi connectivity index (χ3n) is 3.20. The SMILES string of the molecule is NC1CCC(N2CCOCC2=O)CC1. The molecule has 14 heavy (non-hydrogen) atoms. The van der Waals surface area contributed by atoms with Gasteiger partial charge in [0.05, 0.1) is 6.61 Å². The second-order valence-electron chi connectivity index (χ2n) is 4.21. The van der Waals surface area contributed by atoms with E-state index in [0.717, 1.165) is 32.2 Å². The van der Waals surface area contributed by atoms with Gasteiger partial charge in [0.15, 0.2) is 0 Å². The second-order valence-corrected chi connectivity index (χ2v) is 4.21. The number of nitrogens with two attached hydrogens (primary N) is 1. The average molecular weight is 198 g/mol. The monoisotopic (exact) mass is 198 g/mol. The minimum absolute atomic E-state index is 0.150. The molecule has 0 aromatic carbocycles. The van der Waals surface area contributed by atoms with Gasteiger partial charge in [-0.15, -0.1) is 0 Å². The molecule has 2 fully saturated rings. The number of hydrogen-bond acceptors (Lipinski definition) is 3. The molecule has 0 atom stereocenters. The van der Waals surface area contributed by atoms with E-state index in [0.29, 0.717) is 18.7 Å². The van der Waals surface area contributed by atoms with E-state index in [9.17, 15) is 4.79 Å². The minimum atomic E-state index is 0.150. The summed E-state index contributed by atoms with van der Waals surface area (Å²) < 4.78 is 5.11. The topological polar surface area (TPSA) is 55.6 Å². The molecule has 1 aliphatic carbocycles. The van der Waals surface area contributed by atoms with Crippen molar-refractivity contribution in [3.8, 4) is 0 Å². The second kappa shape index (κ2) is 4.28. The van der Waals surface area contributed by atoms with E-state index in [-0.39, 0.29) is 12.5 Å². The van der Waals surface area contributed by atoms with Crippen molar-refractivity contribution in [2.75, 3.05) is 19.8 Å². The molecule has 1 saturated heterocycles. The van der Waals surface area contributed by atoms with E-state index in [1.165, 1.54) is 0 Å². The Morgan fingerprint density at radius 2 is 2.00 bits per heavy atom. The van der Waals surface area contributed by atoms with Crippen LogP contribution >= 0.6 is 0 Å². The van der Waals surface area contributed by atoms with E-state index < -0.39 is 0 Å². The van der Waals surface area contributed by atoms with Crippen molar-refractivity contribution in [3.05, 3.63) is 0 Å². The van der Waals surface area contributed by atoms with Crippen molar-refractivity contribution in [1.29, 1.82) is 0 Å². The van der Waals surface area contributed by atoms with Gasteiger partial charge in [0.25, 0.3) is 0 Å². The molecule has 1 aliphatic heterocycles. The van der Waals surface area contributed by atoms with Crippen molar-refractivity contribution >= 4 is 5.91 Å². The quantitative estimate of drug-likeness (QED) is 0.651. The first-order valence-electron chi connectivity index (χ1n) is 5.40. The Kier molecular flexibility index (Phi) is 3.03. The summed E-state index contributed by atoms with van der Waals surface area (Å²) in [5.41, 5.74) is 5.83. The highest BCUT2D eigenvalue weighted by atomic mass is 16.5. The van der Waals surface area contributed by atoms with E-state index in [4.69, 9.17) is 10.5 Å². The first-order valence-corrected chi connectivity index (χ1v) is 5.40. The number of rotatable bonds is 1. The third kappa shape index (κ3) is 2.07. The van der Waals surface area contributed by atoms with Crippen LogP contribution in [0.25, 0.3) is 0 Å². The number of nitrogens with zero attached hydrogens (tertiary/aromatic N) is 1. The zero-order valence-electron chi connectivity index (χ0n) is 8.45. The molecule has 0 unspecified atom stereocenters. The van der Waals surface area contributed by atoms with Crippen LogP contribution in [0.5, 0.6) is 0 Å². The molecule has 2 rings (SSSR count). The first-order chi connectivity index (χ1) is 6.77. The van der Waals surface area contributed by atoms with Crippen molar-refractivity contribution < 1.29 is 9.53 Å². The van der Waals surface area contributed by atoms with Gasteiger partial charge in [0.2, 0.25) is 5.91 Å². The summed E-state index contributed by atoms with van der Waals surface area (Å²) in [5.74, 6) is 0.150. The summed E-state index contributed by atoms with van der Waals surface area (Å²) in [5, 5.41) is 0. The molecular weight excluding hydrogens is 180 g/mol. The Balaban J connectivity index is 1.90. The van der Waals surface area contributed by atoms with Crippen molar-refractivity contribution in [3.63, 3.8) is 0 Å². The van der Waals surface area contributed by atoms with Crippen LogP contribution in [0.3, 0.4) is 0 Å². The van der Waals surface area contributed by atoms with Crippen LogP contribution in [-0.4, -0.2) is 42.6 Å². The van der Waals surface area contributed by atoms with Crippen LogP contribution in [0.2, 0.25) is 0 Å². The standard InChI is InChI=1S/C10H18N2O2/c11-8-1-3-9(4-2-8)12-5-6-14-7-10(12)13/h8-9H,1-7,11H2. The third-order valence-corrected chi connectivity index (χ3v) is 3.20. The molecule has 0 aromatic rings. The number of hydrogen-bond donors (Lipinski definition) is 1. The number of amides is 1. The van der Waals surface area contributed by atoms with Gasteiger partial charge in [-0.3, -0.25) is 4.79 Å².